The van der Waals surface area contributed by atoms with Gasteiger partial charge in [-0.25, -0.2) is 4.98 Å². The predicted molar refractivity (Wildman–Crippen MR) is 136 cm³/mol. The van der Waals surface area contributed by atoms with Crippen LogP contribution in [0.3, 0.4) is 0 Å². The number of aliphatic imine (C=N–C) groups is 1. The molecular formula is C21H28IN7OS. The van der Waals surface area contributed by atoms with Crippen LogP contribution in [0.15, 0.2) is 41.7 Å². The number of carbonyl (C=O) groups excluding carboxylic acids is 1. The lowest BCUT2D eigenvalue weighted by Gasteiger charge is -2.35. The molecule has 31 heavy (non-hydrogen) atoms. The number of amides is 1. The lowest BCUT2D eigenvalue weighted by Crippen LogP contribution is -2.55. The summed E-state index contributed by atoms with van der Waals surface area (Å²) >= 11 is 1.75. The normalized spacial score (nSPS) is 14.8. The van der Waals surface area contributed by atoms with Crippen LogP contribution in [0.4, 0.5) is 5.69 Å². The Morgan fingerprint density at radius 1 is 1.29 bits per heavy atom. The molecule has 3 aromatic rings. The van der Waals surface area contributed by atoms with Crippen molar-refractivity contribution in [3.05, 3.63) is 41.7 Å². The van der Waals surface area contributed by atoms with Gasteiger partial charge < -0.3 is 15.1 Å². The number of fused-ring (bicyclic) bond motifs is 1. The number of hydrogen-bond acceptors (Lipinski definition) is 5. The van der Waals surface area contributed by atoms with Gasteiger partial charge in [-0.05, 0) is 25.5 Å². The van der Waals surface area contributed by atoms with Crippen molar-refractivity contribution >= 4 is 63.1 Å². The van der Waals surface area contributed by atoms with Crippen molar-refractivity contribution in [2.45, 2.75) is 19.8 Å². The van der Waals surface area contributed by atoms with Gasteiger partial charge in [-0.2, -0.15) is 5.10 Å². The van der Waals surface area contributed by atoms with Gasteiger partial charge in [-0.3, -0.25) is 14.5 Å². The highest BCUT2D eigenvalue weighted by molar-refractivity contribution is 14.0. The van der Waals surface area contributed by atoms with Crippen LogP contribution in [-0.4, -0.2) is 64.3 Å². The third-order valence-electron chi connectivity index (χ3n) is 5.01. The number of nitrogens with one attached hydrogen (secondary N) is 1. The van der Waals surface area contributed by atoms with E-state index in [9.17, 15) is 4.79 Å². The molecule has 0 radical (unpaired) electrons. The Morgan fingerprint density at radius 3 is 2.84 bits per heavy atom. The van der Waals surface area contributed by atoms with E-state index in [0.29, 0.717) is 19.6 Å². The number of hydrogen-bond donors (Lipinski definition) is 1. The number of guanidine groups is 1. The van der Waals surface area contributed by atoms with E-state index in [-0.39, 0.29) is 29.9 Å². The third-order valence-corrected chi connectivity index (χ3v) is 6.10. The summed E-state index contributed by atoms with van der Waals surface area (Å²) in [6.45, 7) is 5.21. The molecule has 8 nitrogen and oxygen atoms in total. The fraction of sp³-hybridized carbons (Fsp3) is 0.429. The molecule has 10 heteroatoms. The van der Waals surface area contributed by atoms with E-state index in [1.165, 1.54) is 4.70 Å². The number of aromatic nitrogens is 3. The minimum atomic E-state index is 0. The molecule has 0 unspecified atom stereocenters. The maximum absolute atomic E-state index is 12.7. The Morgan fingerprint density at radius 2 is 2.13 bits per heavy atom. The predicted octanol–water partition coefficient (Wildman–Crippen LogP) is 2.89. The second-order valence-corrected chi connectivity index (χ2v) is 8.37. The molecule has 1 amide bonds. The molecule has 0 atom stereocenters. The van der Waals surface area contributed by atoms with Crippen LogP contribution in [0.25, 0.3) is 10.2 Å². The van der Waals surface area contributed by atoms with Crippen LogP contribution < -0.4 is 10.2 Å². The van der Waals surface area contributed by atoms with Gasteiger partial charge >= 0.3 is 0 Å². The number of benzene rings is 1. The molecule has 0 saturated carbocycles. The van der Waals surface area contributed by atoms with E-state index in [1.54, 1.807) is 27.1 Å². The van der Waals surface area contributed by atoms with E-state index in [1.807, 2.05) is 37.2 Å². The molecule has 0 spiro atoms. The zero-order valence-corrected chi connectivity index (χ0v) is 21.0. The highest BCUT2D eigenvalue weighted by atomic mass is 127. The number of anilines is 1. The van der Waals surface area contributed by atoms with Crippen molar-refractivity contribution in [1.29, 1.82) is 0 Å². The summed E-state index contributed by atoms with van der Waals surface area (Å²) in [7, 11) is 1.86. The van der Waals surface area contributed by atoms with Gasteiger partial charge in [-0.15, -0.1) is 35.3 Å². The Labute approximate surface area is 203 Å². The summed E-state index contributed by atoms with van der Waals surface area (Å²) < 4.78 is 2.95. The van der Waals surface area contributed by atoms with Crippen LogP contribution in [0.2, 0.25) is 0 Å². The third kappa shape index (κ3) is 5.73. The Kier molecular flexibility index (Phi) is 8.24. The molecule has 0 bridgehead atoms. The first-order chi connectivity index (χ1) is 14.6. The Bertz CT molecular complexity index is 1010. The molecule has 0 aliphatic carbocycles. The van der Waals surface area contributed by atoms with Crippen molar-refractivity contribution in [2.24, 2.45) is 12.0 Å². The molecule has 1 fully saturated rings. The largest absolute Gasteiger partial charge is 0.357 e. The summed E-state index contributed by atoms with van der Waals surface area (Å²) in [4.78, 5) is 26.0. The fourth-order valence-electron chi connectivity index (χ4n) is 3.54. The van der Waals surface area contributed by atoms with E-state index < -0.39 is 0 Å². The number of rotatable bonds is 6. The molecule has 1 aliphatic heterocycles. The second-order valence-electron chi connectivity index (χ2n) is 7.25. The molecule has 2 aromatic heterocycles. The smallest absolute Gasteiger partial charge is 0.246 e. The SMILES string of the molecule is CCNC(=NCCCc1nc2ccccc2s1)N1CCN(c2cnn(C)c2)C(=O)C1.I. The zero-order chi connectivity index (χ0) is 20.9. The van der Waals surface area contributed by atoms with Gasteiger partial charge in [-0.1, -0.05) is 12.1 Å². The zero-order valence-electron chi connectivity index (χ0n) is 17.8. The molecule has 1 aliphatic rings. The van der Waals surface area contributed by atoms with Crippen molar-refractivity contribution in [2.75, 3.05) is 37.6 Å². The quantitative estimate of drug-likeness (QED) is 0.220. The standard InChI is InChI=1S/C21H27N7OS.HI/c1-3-22-21(23-10-6-9-19-25-17-7-4-5-8-18(17)30-19)27-11-12-28(20(29)15-27)16-13-24-26(2)14-16;/h4-5,7-8,13-14H,3,6,9-12,15H2,1-2H3,(H,22,23);1H. The highest BCUT2D eigenvalue weighted by Gasteiger charge is 2.27. The average Bonchev–Trinajstić information content (AvgIpc) is 3.36. The summed E-state index contributed by atoms with van der Waals surface area (Å²) in [5.41, 5.74) is 1.92. The molecule has 4 rings (SSSR count). The summed E-state index contributed by atoms with van der Waals surface area (Å²) in [6.07, 6.45) is 5.44. The summed E-state index contributed by atoms with van der Waals surface area (Å²) in [5.74, 6) is 0.871. The fourth-order valence-corrected chi connectivity index (χ4v) is 4.55. The average molecular weight is 553 g/mol. The Hall–Kier alpha value is -2.21. The first kappa shape index (κ1) is 23.5. The van der Waals surface area contributed by atoms with Gasteiger partial charge in [0.05, 0.1) is 27.1 Å². The van der Waals surface area contributed by atoms with Crippen LogP contribution in [0.1, 0.15) is 18.4 Å². The minimum Gasteiger partial charge on any atom is -0.357 e. The first-order valence-electron chi connectivity index (χ1n) is 10.3. The monoisotopic (exact) mass is 553 g/mol. The van der Waals surface area contributed by atoms with Gasteiger partial charge in [0.1, 0.15) is 6.54 Å². The lowest BCUT2D eigenvalue weighted by molar-refractivity contribution is -0.120. The number of carbonyl (C=O) groups is 1. The van der Waals surface area contributed by atoms with E-state index in [4.69, 9.17) is 9.98 Å². The molecule has 1 saturated heterocycles. The maximum atomic E-state index is 12.7. The summed E-state index contributed by atoms with van der Waals surface area (Å²) in [6, 6.07) is 8.24. The lowest BCUT2D eigenvalue weighted by atomic mass is 10.3. The van der Waals surface area contributed by atoms with Crippen molar-refractivity contribution in [1.82, 2.24) is 25.0 Å². The number of piperazine rings is 1. The number of thiazole rings is 1. The molecular weight excluding hydrogens is 525 g/mol. The topological polar surface area (TPSA) is 78.7 Å². The van der Waals surface area contributed by atoms with E-state index in [0.717, 1.165) is 48.1 Å². The van der Waals surface area contributed by atoms with Gasteiger partial charge in [0.25, 0.3) is 0 Å². The maximum Gasteiger partial charge on any atom is 0.246 e. The number of nitrogens with zero attached hydrogens (tertiary/aromatic N) is 6. The van der Waals surface area contributed by atoms with Crippen molar-refractivity contribution < 1.29 is 4.79 Å². The van der Waals surface area contributed by atoms with Crippen LogP contribution in [0.5, 0.6) is 0 Å². The Balaban J connectivity index is 0.00000272. The molecule has 1 aromatic carbocycles. The van der Waals surface area contributed by atoms with Crippen LogP contribution in [-0.2, 0) is 18.3 Å². The van der Waals surface area contributed by atoms with E-state index in [2.05, 4.69) is 22.5 Å². The van der Waals surface area contributed by atoms with Gasteiger partial charge in [0.15, 0.2) is 5.96 Å². The number of aryl methyl sites for hydroxylation is 2. The second kappa shape index (κ2) is 10.9. The summed E-state index contributed by atoms with van der Waals surface area (Å²) in [5, 5.41) is 8.64. The first-order valence-corrected chi connectivity index (χ1v) is 11.1. The van der Waals surface area contributed by atoms with Gasteiger partial charge in [0, 0.05) is 45.8 Å². The molecule has 1 N–H and O–H groups in total. The van der Waals surface area contributed by atoms with Gasteiger partial charge in [0.2, 0.25) is 5.91 Å². The van der Waals surface area contributed by atoms with E-state index >= 15 is 0 Å². The van der Waals surface area contributed by atoms with Crippen LogP contribution >= 0.6 is 35.3 Å². The molecule has 3 heterocycles. The highest BCUT2D eigenvalue weighted by Crippen LogP contribution is 2.22. The van der Waals surface area contributed by atoms with Crippen molar-refractivity contribution in [3.63, 3.8) is 0 Å². The van der Waals surface area contributed by atoms with Crippen molar-refractivity contribution in [3.8, 4) is 0 Å². The minimum absolute atomic E-state index is 0. The number of halogens is 1. The number of para-hydroxylation sites is 1. The van der Waals surface area contributed by atoms with Crippen LogP contribution in [0, 0.1) is 0 Å². The molecule has 166 valence electrons.